The van der Waals surface area contributed by atoms with Gasteiger partial charge in [0.1, 0.15) is 12.4 Å². The van der Waals surface area contributed by atoms with Crippen LogP contribution in [-0.2, 0) is 9.59 Å². The molecule has 0 aromatic rings. The second-order valence-electron chi connectivity index (χ2n) is 10.5. The summed E-state index contributed by atoms with van der Waals surface area (Å²) in [6.07, 6.45) is 9.21. The van der Waals surface area contributed by atoms with Crippen molar-refractivity contribution in [2.75, 3.05) is 0 Å². The Balaban J connectivity index is 1.86. The fourth-order valence-electron chi connectivity index (χ4n) is 6.65. The summed E-state index contributed by atoms with van der Waals surface area (Å²) in [5.74, 6) is 0.225. The van der Waals surface area contributed by atoms with Crippen molar-refractivity contribution < 1.29 is 19.8 Å². The van der Waals surface area contributed by atoms with E-state index in [2.05, 4.69) is 19.9 Å². The van der Waals surface area contributed by atoms with Gasteiger partial charge in [-0.1, -0.05) is 38.5 Å². The number of carbonyl (C=O) groups is 2. The van der Waals surface area contributed by atoms with Gasteiger partial charge in [0.15, 0.2) is 5.78 Å². The van der Waals surface area contributed by atoms with Crippen molar-refractivity contribution in [3.8, 4) is 0 Å². The molecule has 0 aromatic carbocycles. The Morgan fingerprint density at radius 1 is 1.38 bits per heavy atom. The van der Waals surface area contributed by atoms with E-state index in [0.29, 0.717) is 0 Å². The number of hydrogen-bond donors (Lipinski definition) is 2. The first kappa shape index (κ1) is 22.4. The molecular formula is C25H38O4. The predicted octanol–water partition coefficient (Wildman–Crippen LogP) is 4.25. The van der Waals surface area contributed by atoms with E-state index in [9.17, 15) is 19.8 Å². The molecule has 2 saturated carbocycles. The van der Waals surface area contributed by atoms with Gasteiger partial charge in [0, 0.05) is 5.92 Å². The molecule has 0 aliphatic heterocycles. The molecule has 3 aliphatic rings. The molecule has 8 atom stereocenters. The van der Waals surface area contributed by atoms with E-state index in [1.807, 2.05) is 26.8 Å². The summed E-state index contributed by atoms with van der Waals surface area (Å²) in [6, 6.07) is 0. The van der Waals surface area contributed by atoms with Crippen molar-refractivity contribution >= 4 is 12.1 Å². The number of Topliss-reactive ketones (excluding diaryl/α,β-unsaturated/α-hetero) is 1. The lowest BCUT2D eigenvalue weighted by atomic mass is 9.62. The van der Waals surface area contributed by atoms with Gasteiger partial charge in [-0.25, -0.2) is 0 Å². The van der Waals surface area contributed by atoms with Gasteiger partial charge in [-0.15, -0.1) is 0 Å². The number of aliphatic hydroxyl groups is 2. The van der Waals surface area contributed by atoms with Crippen molar-refractivity contribution in [2.45, 2.75) is 84.8 Å². The molecule has 162 valence electrons. The third-order valence-corrected chi connectivity index (χ3v) is 8.71. The van der Waals surface area contributed by atoms with Gasteiger partial charge in [-0.2, -0.15) is 0 Å². The summed E-state index contributed by atoms with van der Waals surface area (Å²) in [6.45, 7) is 10.3. The highest BCUT2D eigenvalue weighted by molar-refractivity contribution is 5.90. The Morgan fingerprint density at radius 3 is 2.72 bits per heavy atom. The van der Waals surface area contributed by atoms with Crippen molar-refractivity contribution in [3.05, 3.63) is 23.3 Å². The zero-order valence-corrected chi connectivity index (χ0v) is 18.6. The first-order valence-electron chi connectivity index (χ1n) is 11.3. The van der Waals surface area contributed by atoms with Gasteiger partial charge >= 0.3 is 0 Å². The number of aliphatic hydroxyl groups excluding tert-OH is 1. The number of hydrogen-bond acceptors (Lipinski definition) is 4. The SMILES string of the molecule is C/C(C=O)=C/CC[C@H](C)[C@@]1(O)CC[C@]2(C)C[C@@H]3[C@@H](C)[C@H](O)C(=O)[C@@H]3/C(C)=C\C[C@H]21. The van der Waals surface area contributed by atoms with Crippen LogP contribution in [0.15, 0.2) is 23.3 Å². The number of aldehydes is 1. The Kier molecular flexibility index (Phi) is 6.27. The first-order valence-corrected chi connectivity index (χ1v) is 11.3. The highest BCUT2D eigenvalue weighted by atomic mass is 16.3. The van der Waals surface area contributed by atoms with Gasteiger partial charge in [0.25, 0.3) is 0 Å². The van der Waals surface area contributed by atoms with Crippen LogP contribution in [0.3, 0.4) is 0 Å². The molecule has 0 bridgehead atoms. The highest BCUT2D eigenvalue weighted by Crippen LogP contribution is 2.60. The molecule has 0 radical (unpaired) electrons. The summed E-state index contributed by atoms with van der Waals surface area (Å²) < 4.78 is 0. The number of allylic oxidation sites excluding steroid dienone is 4. The molecular weight excluding hydrogens is 364 g/mol. The summed E-state index contributed by atoms with van der Waals surface area (Å²) >= 11 is 0. The second kappa shape index (κ2) is 8.11. The van der Waals surface area contributed by atoms with E-state index in [0.717, 1.165) is 56.0 Å². The summed E-state index contributed by atoms with van der Waals surface area (Å²) in [4.78, 5) is 23.5. The zero-order valence-electron chi connectivity index (χ0n) is 18.6. The van der Waals surface area contributed by atoms with Crippen LogP contribution in [0.5, 0.6) is 0 Å². The van der Waals surface area contributed by atoms with E-state index in [4.69, 9.17) is 0 Å². The molecule has 3 rings (SSSR count). The van der Waals surface area contributed by atoms with Crippen LogP contribution < -0.4 is 0 Å². The van der Waals surface area contributed by atoms with Crippen LogP contribution in [0.1, 0.15) is 73.1 Å². The first-order chi connectivity index (χ1) is 13.5. The summed E-state index contributed by atoms with van der Waals surface area (Å²) in [7, 11) is 0. The molecule has 0 amide bonds. The normalized spacial score (nSPS) is 45.6. The molecule has 0 heterocycles. The van der Waals surface area contributed by atoms with Crippen LogP contribution >= 0.6 is 0 Å². The molecule has 0 saturated heterocycles. The van der Waals surface area contributed by atoms with Gasteiger partial charge in [-0.05, 0) is 87.0 Å². The third-order valence-electron chi connectivity index (χ3n) is 8.71. The maximum atomic E-state index is 12.7. The van der Waals surface area contributed by atoms with Gasteiger partial charge in [0.2, 0.25) is 0 Å². The minimum Gasteiger partial charge on any atom is -0.389 e. The van der Waals surface area contributed by atoms with Crippen LogP contribution in [0, 0.1) is 35.0 Å². The Morgan fingerprint density at radius 2 is 2.07 bits per heavy atom. The molecule has 0 unspecified atom stereocenters. The quantitative estimate of drug-likeness (QED) is 0.410. The lowest BCUT2D eigenvalue weighted by molar-refractivity contribution is -0.127. The van der Waals surface area contributed by atoms with E-state index in [1.165, 1.54) is 0 Å². The average molecular weight is 403 g/mol. The van der Waals surface area contributed by atoms with Crippen molar-refractivity contribution in [3.63, 3.8) is 0 Å². The molecule has 2 N–H and O–H groups in total. The van der Waals surface area contributed by atoms with E-state index >= 15 is 0 Å². The average Bonchev–Trinajstić information content (AvgIpc) is 3.04. The van der Waals surface area contributed by atoms with Crippen LogP contribution in [0.25, 0.3) is 0 Å². The van der Waals surface area contributed by atoms with Crippen LogP contribution in [-0.4, -0.2) is 34.0 Å². The molecule has 0 aromatic heterocycles. The molecule has 29 heavy (non-hydrogen) atoms. The van der Waals surface area contributed by atoms with Crippen molar-refractivity contribution in [2.24, 2.45) is 35.0 Å². The van der Waals surface area contributed by atoms with E-state index in [1.54, 1.807) is 0 Å². The Hall–Kier alpha value is -1.26. The number of rotatable bonds is 5. The number of carbonyl (C=O) groups excluding carboxylic acids is 2. The summed E-state index contributed by atoms with van der Waals surface area (Å²) in [5, 5.41) is 22.2. The fourth-order valence-corrected chi connectivity index (χ4v) is 6.65. The van der Waals surface area contributed by atoms with Crippen LogP contribution in [0.4, 0.5) is 0 Å². The molecule has 4 heteroatoms. The Bertz CT molecular complexity index is 722. The minimum absolute atomic E-state index is 0.0164. The zero-order chi connectivity index (χ0) is 21.6. The molecule has 2 fully saturated rings. The molecule has 3 aliphatic carbocycles. The van der Waals surface area contributed by atoms with Gasteiger partial charge in [-0.3, -0.25) is 9.59 Å². The van der Waals surface area contributed by atoms with Gasteiger partial charge < -0.3 is 10.2 Å². The minimum atomic E-state index is -0.861. The highest BCUT2D eigenvalue weighted by Gasteiger charge is 2.59. The monoisotopic (exact) mass is 402 g/mol. The van der Waals surface area contributed by atoms with Crippen molar-refractivity contribution in [1.82, 2.24) is 0 Å². The maximum Gasteiger partial charge on any atom is 0.168 e. The van der Waals surface area contributed by atoms with Crippen molar-refractivity contribution in [1.29, 1.82) is 0 Å². The number of fused-ring (bicyclic) bond motifs is 2. The molecule has 4 nitrogen and oxygen atoms in total. The standard InChI is InChI=1S/C25H38O4/c1-15(14-26)7-6-8-17(3)25(29)12-11-24(5)13-19-18(4)22(27)23(28)21(19)16(2)9-10-20(24)25/h7,9,14,17-22,27,29H,6,8,10-13H2,1-5H3/b15-7-,16-9-/t17-,18+,19+,20+,21+,22-,24+,25-/m0/s1. The number of ketones is 1. The lowest BCUT2D eigenvalue weighted by Crippen LogP contribution is -2.45. The fraction of sp³-hybridized carbons (Fsp3) is 0.760. The molecule has 0 spiro atoms. The summed E-state index contributed by atoms with van der Waals surface area (Å²) in [5.41, 5.74) is 1.05. The largest absolute Gasteiger partial charge is 0.389 e. The topological polar surface area (TPSA) is 74.6 Å². The third kappa shape index (κ3) is 3.79. The van der Waals surface area contributed by atoms with Crippen LogP contribution in [0.2, 0.25) is 0 Å². The smallest absolute Gasteiger partial charge is 0.168 e. The van der Waals surface area contributed by atoms with E-state index in [-0.39, 0.29) is 40.8 Å². The Labute approximate surface area is 175 Å². The van der Waals surface area contributed by atoms with E-state index < -0.39 is 11.7 Å². The predicted molar refractivity (Wildman–Crippen MR) is 114 cm³/mol. The lowest BCUT2D eigenvalue weighted by Gasteiger charge is -2.45. The maximum absolute atomic E-state index is 12.7. The van der Waals surface area contributed by atoms with Gasteiger partial charge in [0.05, 0.1) is 5.60 Å². The second-order valence-corrected chi connectivity index (χ2v) is 10.5.